The Kier molecular flexibility index (Phi) is 9.36. The molecule has 0 saturated heterocycles. The summed E-state index contributed by atoms with van der Waals surface area (Å²) < 4.78 is 13.6. The summed E-state index contributed by atoms with van der Waals surface area (Å²) >= 11 is 0. The predicted octanol–water partition coefficient (Wildman–Crippen LogP) is 17.3. The molecule has 5 heteroatoms. The van der Waals surface area contributed by atoms with Crippen molar-refractivity contribution in [2.24, 2.45) is 0 Å². The highest BCUT2D eigenvalue weighted by molar-refractivity contribution is 6.09. The monoisotopic (exact) mass is 986 g/mol. The molecule has 10 aromatic carbocycles. The molecule has 2 bridgehead atoms. The Morgan fingerprint density at radius 3 is 1.83 bits per heavy atom. The van der Waals surface area contributed by atoms with E-state index in [-0.39, 0.29) is 17.3 Å². The number of hydrogen-bond donors (Lipinski definition) is 0. The maximum atomic E-state index is 6.85. The Morgan fingerprint density at radius 1 is 0.442 bits per heavy atom. The summed E-state index contributed by atoms with van der Waals surface area (Å²) in [6.07, 6.45) is 5.84. The predicted molar refractivity (Wildman–Crippen MR) is 311 cm³/mol. The largest absolute Gasteiger partial charge is 0.458 e. The molecule has 0 radical (unpaired) electrons. The fourth-order valence-electron chi connectivity index (χ4n) is 13.2. The number of benzene rings is 10. The van der Waals surface area contributed by atoms with Crippen LogP contribution < -0.4 is 9.30 Å². The van der Waals surface area contributed by atoms with E-state index in [2.05, 4.69) is 265 Å². The third-order valence-corrected chi connectivity index (χ3v) is 16.7. The number of pyridine rings is 1. The van der Waals surface area contributed by atoms with Gasteiger partial charge in [-0.25, -0.2) is 4.98 Å². The molecule has 364 valence electrons. The van der Waals surface area contributed by atoms with Crippen molar-refractivity contribution in [3.63, 3.8) is 0 Å². The van der Waals surface area contributed by atoms with Crippen LogP contribution in [0.15, 0.2) is 237 Å². The van der Waals surface area contributed by atoms with Crippen LogP contribution in [0.3, 0.4) is 0 Å². The summed E-state index contributed by atoms with van der Waals surface area (Å²) in [5, 5.41) is 2.32. The summed E-state index contributed by atoms with van der Waals surface area (Å²) in [5.41, 5.74) is 25.5. The Hall–Kier alpha value is -9.58. The number of para-hydroxylation sites is 3. The van der Waals surface area contributed by atoms with Crippen LogP contribution in [0.25, 0.3) is 94.5 Å². The minimum atomic E-state index is -0.0233. The molecule has 4 heterocycles. The molecule has 1 aliphatic heterocycles. The number of nitrogens with zero attached hydrogens (tertiary/aromatic N) is 4. The summed E-state index contributed by atoms with van der Waals surface area (Å²) in [6.45, 7) is 6.73. The van der Waals surface area contributed by atoms with Gasteiger partial charge in [0.15, 0.2) is 0 Å². The van der Waals surface area contributed by atoms with E-state index in [1.54, 1.807) is 0 Å². The fourth-order valence-corrected chi connectivity index (χ4v) is 13.2. The minimum absolute atomic E-state index is 0.0233. The van der Waals surface area contributed by atoms with E-state index >= 15 is 0 Å². The van der Waals surface area contributed by atoms with Gasteiger partial charge in [-0.3, -0.25) is 13.7 Å². The molecule has 0 saturated carbocycles. The molecule has 77 heavy (non-hydrogen) atoms. The quantitative estimate of drug-likeness (QED) is 0.127. The van der Waals surface area contributed by atoms with E-state index in [0.717, 1.165) is 67.3 Å². The average molecular weight is 987 g/mol. The highest BCUT2D eigenvalue weighted by Crippen LogP contribution is 2.56. The van der Waals surface area contributed by atoms with Crippen molar-refractivity contribution in [2.75, 3.05) is 0 Å². The lowest BCUT2D eigenvalue weighted by Gasteiger charge is -2.42. The van der Waals surface area contributed by atoms with E-state index < -0.39 is 0 Å². The summed E-state index contributed by atoms with van der Waals surface area (Å²) in [5.74, 6) is 2.80. The molecule has 0 fully saturated rings. The highest BCUT2D eigenvalue weighted by Gasteiger charge is 2.41. The van der Waals surface area contributed by atoms with Crippen molar-refractivity contribution in [1.82, 2.24) is 14.1 Å². The van der Waals surface area contributed by atoms with Crippen molar-refractivity contribution in [3.8, 4) is 73.2 Å². The van der Waals surface area contributed by atoms with Crippen LogP contribution in [0, 0.1) is 6.33 Å². The molecule has 0 N–H and O–H groups in total. The lowest BCUT2D eigenvalue weighted by atomic mass is 9.61. The van der Waals surface area contributed by atoms with Gasteiger partial charge in [-0.2, -0.15) is 0 Å². The van der Waals surface area contributed by atoms with Gasteiger partial charge >= 0.3 is 0 Å². The van der Waals surface area contributed by atoms with Gasteiger partial charge in [0.1, 0.15) is 17.3 Å². The summed E-state index contributed by atoms with van der Waals surface area (Å²) in [4.78, 5) is 4.91. The van der Waals surface area contributed by atoms with Crippen molar-refractivity contribution in [3.05, 3.63) is 282 Å². The molecule has 3 aromatic heterocycles. The first-order valence-electron chi connectivity index (χ1n) is 26.8. The summed E-state index contributed by atoms with van der Waals surface area (Å²) in [7, 11) is 0. The van der Waals surface area contributed by atoms with Crippen molar-refractivity contribution >= 4 is 32.8 Å². The smallest absolute Gasteiger partial charge is 0.269 e. The van der Waals surface area contributed by atoms with Crippen LogP contribution in [0.4, 0.5) is 0 Å². The lowest BCUT2D eigenvalue weighted by Crippen LogP contribution is -2.30. The van der Waals surface area contributed by atoms with Gasteiger partial charge in [0, 0.05) is 34.9 Å². The molecule has 5 nitrogen and oxygen atoms in total. The molecule has 0 atom stereocenters. The highest BCUT2D eigenvalue weighted by atomic mass is 16.5. The zero-order chi connectivity index (χ0) is 51.1. The molecule has 13 aromatic rings. The molecule has 0 unspecified atom stereocenters. The topological polar surface area (TPSA) is 35.9 Å². The van der Waals surface area contributed by atoms with E-state index in [9.17, 15) is 0 Å². The second kappa shape index (κ2) is 16.5. The Morgan fingerprint density at radius 2 is 1.04 bits per heavy atom. The minimum Gasteiger partial charge on any atom is -0.458 e. The normalized spacial score (nSPS) is 14.7. The number of ether oxygens (including phenoxy) is 1. The molecule has 17 rings (SSSR count). The van der Waals surface area contributed by atoms with Gasteiger partial charge in [0.2, 0.25) is 0 Å². The first-order valence-corrected chi connectivity index (χ1v) is 26.8. The van der Waals surface area contributed by atoms with Crippen LogP contribution in [0.2, 0.25) is 0 Å². The van der Waals surface area contributed by atoms with Crippen LogP contribution >= 0.6 is 0 Å². The number of hydrogen-bond acceptors (Lipinski definition) is 2. The third kappa shape index (κ3) is 6.60. The SMILES string of the molecule is CC(C)(C)c1ccnc(-n2c3ccccc3c3ccc(Oc4cccc(-n5[c-][n+]6c7c(cccc75)-c5ccccc5-c5ccc(-c7ccc8c(c7)C7c9ccccc9C8c8ccccc87)cc5-c5ccccc5-6)c4)cc32)c1. The van der Waals surface area contributed by atoms with Gasteiger partial charge in [0.05, 0.1) is 33.4 Å². The van der Waals surface area contributed by atoms with Gasteiger partial charge in [-0.15, -0.1) is 0 Å². The first kappa shape index (κ1) is 43.8. The summed E-state index contributed by atoms with van der Waals surface area (Å²) in [6, 6.07) is 84.6. The van der Waals surface area contributed by atoms with E-state index in [1.165, 1.54) is 77.7 Å². The molecular formula is C72H50N4O. The second-order valence-electron chi connectivity index (χ2n) is 22.0. The average Bonchev–Trinajstić information content (AvgIpc) is 4.08. The van der Waals surface area contributed by atoms with Crippen LogP contribution in [0.1, 0.15) is 71.6 Å². The fraction of sp³-hybridized carbons (Fsp3) is 0.0833. The van der Waals surface area contributed by atoms with E-state index in [0.29, 0.717) is 0 Å². The maximum absolute atomic E-state index is 6.85. The van der Waals surface area contributed by atoms with Crippen LogP contribution in [-0.2, 0) is 5.41 Å². The Labute approximate surface area is 447 Å². The number of imidazole rings is 1. The molecule has 0 amide bonds. The van der Waals surface area contributed by atoms with E-state index in [4.69, 9.17) is 9.72 Å². The maximum Gasteiger partial charge on any atom is 0.269 e. The van der Waals surface area contributed by atoms with Crippen LogP contribution in [0.5, 0.6) is 11.5 Å². The van der Waals surface area contributed by atoms with Gasteiger partial charge < -0.3 is 4.74 Å². The van der Waals surface area contributed by atoms with Crippen LogP contribution in [-0.4, -0.2) is 14.1 Å². The second-order valence-corrected chi connectivity index (χ2v) is 22.0. The van der Waals surface area contributed by atoms with E-state index in [1.807, 2.05) is 12.3 Å². The molecular weight excluding hydrogens is 937 g/mol. The Balaban J connectivity index is 0.815. The van der Waals surface area contributed by atoms with Gasteiger partial charge in [0.25, 0.3) is 6.33 Å². The Bertz CT molecular complexity index is 4570. The molecule has 0 spiro atoms. The lowest BCUT2D eigenvalue weighted by molar-refractivity contribution is -0.571. The van der Waals surface area contributed by atoms with Crippen molar-refractivity contribution in [2.45, 2.75) is 38.0 Å². The number of rotatable bonds is 5. The zero-order valence-corrected chi connectivity index (χ0v) is 42.9. The van der Waals surface area contributed by atoms with Gasteiger partial charge in [-0.1, -0.05) is 178 Å². The standard InChI is InChI=1S/C72H50N4O/c1-72(2,3)46-36-37-73-68(40-46)76-65-28-13-11-20-53(65)55-35-32-49(42-67(55)76)77-48-17-14-16-47(41-48)74-43-75-64-27-12-10-21-54(64)62-38-44(30-33-52(62)50-18-4-5-19-51(50)61-26-15-29-66(74)71(61)75)45-31-34-60-63(39-45)70-58-24-8-6-22-56(58)69(60)57-23-7-9-25-59(57)70/h4-42,69-70H,1-3H3. The van der Waals surface area contributed by atoms with Gasteiger partial charge in [-0.05, 0) is 156 Å². The molecule has 3 aliphatic carbocycles. The van der Waals surface area contributed by atoms with Crippen molar-refractivity contribution < 1.29 is 9.30 Å². The molecule has 4 aliphatic rings. The number of fused-ring (bicyclic) bond motifs is 10. The van der Waals surface area contributed by atoms with Crippen molar-refractivity contribution in [1.29, 1.82) is 0 Å². The third-order valence-electron chi connectivity index (χ3n) is 16.7. The number of aromatic nitrogens is 4. The first-order chi connectivity index (χ1) is 37.8. The zero-order valence-electron chi connectivity index (χ0n) is 42.9.